The Labute approximate surface area is 296 Å². The number of halogens is 22. The molecule has 0 fully saturated rings. The predicted octanol–water partition coefficient (Wildman–Crippen LogP) is 13.6. The molecule has 8 aliphatic rings. The maximum Gasteiger partial charge on any atom is 0.416 e. The molecule has 0 atom stereocenters. The molecule has 0 aliphatic heterocycles. The van der Waals surface area contributed by atoms with Crippen LogP contribution in [0.15, 0.2) is 72.8 Å². The molecule has 56 heavy (non-hydrogen) atoms. The molecule has 8 bridgehead atoms. The molecule has 4 aromatic carbocycles. The van der Waals surface area contributed by atoms with Gasteiger partial charge in [-0.25, -0.2) is 0 Å². The smallest absolute Gasteiger partial charge is 0.194 e. The lowest BCUT2D eigenvalue weighted by molar-refractivity contribution is -0.231. The zero-order valence-electron chi connectivity index (χ0n) is 26.2. The van der Waals surface area contributed by atoms with E-state index in [1.807, 2.05) is 0 Å². The first-order valence-corrected chi connectivity index (χ1v) is 14.9. The van der Waals surface area contributed by atoms with Crippen molar-refractivity contribution in [3.8, 4) is 11.1 Å². The first kappa shape index (κ1) is 41.0. The third-order valence-electron chi connectivity index (χ3n) is 9.36. The average Bonchev–Trinajstić information content (AvgIpc) is 3.08. The van der Waals surface area contributed by atoms with Gasteiger partial charge in [-0.3, -0.25) is 0 Å². The van der Waals surface area contributed by atoms with Gasteiger partial charge in [-0.05, 0) is 35.4 Å². The molecular formula is C34H12F22. The Balaban J connectivity index is 1.78. The van der Waals surface area contributed by atoms with Gasteiger partial charge in [0.1, 0.15) is 0 Å². The van der Waals surface area contributed by atoms with Crippen LogP contribution in [0.4, 0.5) is 96.6 Å². The Kier molecular flexibility index (Phi) is 8.40. The molecule has 0 heterocycles. The minimum atomic E-state index is -6.23. The average molecular weight is 838 g/mol. The van der Waals surface area contributed by atoms with Crippen molar-refractivity contribution in [3.63, 3.8) is 0 Å². The lowest BCUT2D eigenvalue weighted by Crippen LogP contribution is -2.41. The number of benzene rings is 4. The van der Waals surface area contributed by atoms with Crippen LogP contribution in [0.1, 0.15) is 55.6 Å². The van der Waals surface area contributed by atoms with E-state index < -0.39 is 199 Å². The lowest BCUT2D eigenvalue weighted by atomic mass is 9.79. The summed E-state index contributed by atoms with van der Waals surface area (Å²) < 4.78 is 335. The third-order valence-corrected chi connectivity index (χ3v) is 9.36. The molecule has 0 amide bonds. The SMILES string of the molecule is FC(F)(F)c1cc2ccc1C(F)(F)C(F)(F)c1ccc(c(-c3cc4ccc3C(F)(F)C(F)(F)c3ccc(c(C(F)(F)F)c3)C(F)(F)C4(F)F)c1)C(F)(F)C2(F)F. The minimum Gasteiger partial charge on any atom is -0.194 e. The highest BCUT2D eigenvalue weighted by molar-refractivity contribution is 5.75. The summed E-state index contributed by atoms with van der Waals surface area (Å²) in [6.45, 7) is 0. The third kappa shape index (κ3) is 5.31. The van der Waals surface area contributed by atoms with Crippen LogP contribution in [0.2, 0.25) is 0 Å². The van der Waals surface area contributed by atoms with Gasteiger partial charge in [0, 0.05) is 44.5 Å². The number of hydrogen-bond donors (Lipinski definition) is 0. The van der Waals surface area contributed by atoms with E-state index in [1.54, 1.807) is 0 Å². The summed E-state index contributed by atoms with van der Waals surface area (Å²) in [5.41, 5.74) is -31.9. The highest BCUT2D eigenvalue weighted by Gasteiger charge is 2.67. The fourth-order valence-electron chi connectivity index (χ4n) is 6.37. The highest BCUT2D eigenvalue weighted by Crippen LogP contribution is 2.62. The summed E-state index contributed by atoms with van der Waals surface area (Å²) in [5, 5.41) is 0. The molecule has 0 radical (unpaired) electrons. The zero-order chi connectivity index (χ0) is 42.4. The molecule has 22 heteroatoms. The van der Waals surface area contributed by atoms with Crippen LogP contribution < -0.4 is 0 Å². The quantitative estimate of drug-likeness (QED) is 0.168. The fourth-order valence-corrected chi connectivity index (χ4v) is 6.37. The first-order valence-electron chi connectivity index (χ1n) is 14.9. The Morgan fingerprint density at radius 1 is 0.268 bits per heavy atom. The van der Waals surface area contributed by atoms with Crippen molar-refractivity contribution in [3.05, 3.63) is 128 Å². The molecule has 0 aromatic heterocycles. The predicted molar refractivity (Wildman–Crippen MR) is 146 cm³/mol. The van der Waals surface area contributed by atoms with Gasteiger partial charge in [-0.1, -0.05) is 48.5 Å². The van der Waals surface area contributed by atoms with Crippen LogP contribution in [0.5, 0.6) is 0 Å². The summed E-state index contributed by atoms with van der Waals surface area (Å²) in [6.07, 6.45) is -12.5. The van der Waals surface area contributed by atoms with E-state index in [4.69, 9.17) is 0 Å². The molecule has 0 N–H and O–H groups in total. The number of rotatable bonds is 1. The van der Waals surface area contributed by atoms with E-state index in [9.17, 15) is 26.3 Å². The van der Waals surface area contributed by atoms with Crippen LogP contribution in [-0.2, 0) is 59.7 Å². The standard InChI is InChI=1S/C34H12F22/c35-25(36)13-1-5-19(29(43,44)27(39,40)15-3-7-21(31(25,47)48)23(11-15)33(51,52)53)17(9-13)18-10-14-2-6-20(18)30(45,46)28(41,42)16-4-8-22(24(12-16)34(54,55)56)32(49,50)26(14,37)38/h1-12H. The van der Waals surface area contributed by atoms with Crippen molar-refractivity contribution in [2.24, 2.45) is 0 Å². The minimum absolute atomic E-state index is 0.547. The van der Waals surface area contributed by atoms with Gasteiger partial charge in [-0.2, -0.15) is 96.6 Å². The largest absolute Gasteiger partial charge is 0.416 e. The molecule has 4 aromatic rings. The normalized spacial score (nSPS) is 22.2. The zero-order valence-corrected chi connectivity index (χ0v) is 26.2. The van der Waals surface area contributed by atoms with Crippen molar-refractivity contribution < 1.29 is 96.6 Å². The van der Waals surface area contributed by atoms with Crippen LogP contribution in [0.25, 0.3) is 11.1 Å². The monoisotopic (exact) mass is 838 g/mol. The van der Waals surface area contributed by atoms with Crippen LogP contribution >= 0.6 is 0 Å². The van der Waals surface area contributed by atoms with Crippen molar-refractivity contribution in [2.75, 3.05) is 0 Å². The molecule has 12 rings (SSSR count). The second kappa shape index (κ2) is 11.5. The lowest BCUT2D eigenvalue weighted by Gasteiger charge is -2.36. The Morgan fingerprint density at radius 3 is 0.732 bits per heavy atom. The second-order valence-electron chi connectivity index (χ2n) is 12.6. The van der Waals surface area contributed by atoms with Crippen LogP contribution in [-0.4, -0.2) is 0 Å². The van der Waals surface area contributed by atoms with Crippen molar-refractivity contribution in [1.29, 1.82) is 0 Å². The highest BCUT2D eigenvalue weighted by atomic mass is 19.4. The maximum atomic E-state index is 16.1. The summed E-state index contributed by atoms with van der Waals surface area (Å²) in [4.78, 5) is 0. The van der Waals surface area contributed by atoms with Gasteiger partial charge in [0.05, 0.1) is 11.1 Å². The van der Waals surface area contributed by atoms with Gasteiger partial charge >= 0.3 is 59.7 Å². The van der Waals surface area contributed by atoms with Crippen LogP contribution in [0.3, 0.4) is 0 Å². The Morgan fingerprint density at radius 2 is 0.482 bits per heavy atom. The summed E-state index contributed by atoms with van der Waals surface area (Å²) in [6, 6.07) is -8.65. The summed E-state index contributed by atoms with van der Waals surface area (Å²) in [5.74, 6) is -49.5. The molecule has 0 saturated heterocycles. The van der Waals surface area contributed by atoms with Gasteiger partial charge in [0.25, 0.3) is 0 Å². The topological polar surface area (TPSA) is 0 Å². The molecule has 0 saturated carbocycles. The number of alkyl halides is 22. The molecule has 0 nitrogen and oxygen atoms in total. The van der Waals surface area contributed by atoms with Gasteiger partial charge in [0.2, 0.25) is 0 Å². The first-order chi connectivity index (χ1) is 25.1. The summed E-state index contributed by atoms with van der Waals surface area (Å²) in [7, 11) is 0. The van der Waals surface area contributed by atoms with Crippen molar-refractivity contribution in [1.82, 2.24) is 0 Å². The van der Waals surface area contributed by atoms with Gasteiger partial charge in [0.15, 0.2) is 0 Å². The van der Waals surface area contributed by atoms with Gasteiger partial charge < -0.3 is 0 Å². The fraction of sp³-hybridized carbons (Fsp3) is 0.294. The van der Waals surface area contributed by atoms with Crippen LogP contribution in [0, 0.1) is 0 Å². The van der Waals surface area contributed by atoms with E-state index in [1.165, 1.54) is 0 Å². The molecule has 8 aliphatic carbocycles. The molecule has 302 valence electrons. The van der Waals surface area contributed by atoms with Crippen molar-refractivity contribution >= 4 is 0 Å². The van der Waals surface area contributed by atoms with Gasteiger partial charge in [-0.15, -0.1) is 0 Å². The Hall–Kier alpha value is -4.66. The van der Waals surface area contributed by atoms with E-state index in [0.29, 0.717) is 0 Å². The van der Waals surface area contributed by atoms with E-state index >= 15 is 70.2 Å². The molecule has 0 spiro atoms. The number of hydrogen-bond acceptors (Lipinski definition) is 0. The second-order valence-corrected chi connectivity index (χ2v) is 12.6. The van der Waals surface area contributed by atoms with E-state index in [-0.39, 0.29) is 0 Å². The molecule has 0 unspecified atom stereocenters. The van der Waals surface area contributed by atoms with Crippen molar-refractivity contribution in [2.45, 2.75) is 59.7 Å². The Bertz CT molecular complexity index is 2100. The summed E-state index contributed by atoms with van der Waals surface area (Å²) >= 11 is 0. The molecular weight excluding hydrogens is 826 g/mol. The maximum absolute atomic E-state index is 16.1. The van der Waals surface area contributed by atoms with E-state index in [2.05, 4.69) is 0 Å². The van der Waals surface area contributed by atoms with E-state index in [0.717, 1.165) is 0 Å².